The summed E-state index contributed by atoms with van der Waals surface area (Å²) in [5, 5.41) is 8.76. The molecule has 0 N–H and O–H groups in total. The zero-order valence-corrected chi connectivity index (χ0v) is 11.5. The maximum atomic E-state index is 8.76. The summed E-state index contributed by atoms with van der Waals surface area (Å²) in [5.41, 5.74) is 2.94. The van der Waals surface area contributed by atoms with Crippen molar-refractivity contribution in [3.05, 3.63) is 35.4 Å². The van der Waals surface area contributed by atoms with E-state index in [1.807, 2.05) is 0 Å². The van der Waals surface area contributed by atoms with E-state index in [1.54, 1.807) is 0 Å². The molecule has 18 heavy (non-hydrogen) atoms. The number of rotatable bonds is 3. The highest BCUT2D eigenvalue weighted by Crippen LogP contribution is 2.37. The number of benzene rings is 1. The second-order valence-electron chi connectivity index (χ2n) is 6.26. The van der Waals surface area contributed by atoms with Gasteiger partial charge in [-0.1, -0.05) is 45.0 Å². The van der Waals surface area contributed by atoms with Crippen molar-refractivity contribution in [1.29, 1.82) is 5.26 Å². The smallest absolute Gasteiger partial charge is 0.0622 e. The number of nitriles is 1. The fourth-order valence-electron chi connectivity index (χ4n) is 2.42. The molecular weight excluding hydrogens is 222 g/mol. The molecule has 96 valence electrons. The molecule has 0 saturated carbocycles. The standard InChI is InChI=1S/C16H21NO/c1-15(2,3)13-5-7-14(8-6-13)16(9-4-10-17)11-18-12-16/h5-8H,4,9,11-12H2,1-3H3. The van der Waals surface area contributed by atoms with Gasteiger partial charge < -0.3 is 4.74 Å². The minimum absolute atomic E-state index is 0.0894. The van der Waals surface area contributed by atoms with E-state index in [9.17, 15) is 0 Å². The number of hydrogen-bond acceptors (Lipinski definition) is 2. The van der Waals surface area contributed by atoms with Crippen LogP contribution in [0.2, 0.25) is 0 Å². The highest BCUT2D eigenvalue weighted by Gasteiger charge is 2.39. The molecule has 0 aromatic heterocycles. The van der Waals surface area contributed by atoms with Crippen molar-refractivity contribution in [2.45, 2.75) is 44.4 Å². The molecule has 2 rings (SSSR count). The summed E-state index contributed by atoms with van der Waals surface area (Å²) in [6.45, 7) is 8.17. The van der Waals surface area contributed by atoms with Crippen molar-refractivity contribution >= 4 is 0 Å². The van der Waals surface area contributed by atoms with E-state index in [2.05, 4.69) is 51.1 Å². The number of hydrogen-bond donors (Lipinski definition) is 0. The van der Waals surface area contributed by atoms with Crippen molar-refractivity contribution in [2.75, 3.05) is 13.2 Å². The monoisotopic (exact) mass is 243 g/mol. The maximum absolute atomic E-state index is 8.76. The van der Waals surface area contributed by atoms with Crippen LogP contribution in [0.5, 0.6) is 0 Å². The van der Waals surface area contributed by atoms with Crippen LogP contribution < -0.4 is 0 Å². The molecule has 1 fully saturated rings. The summed E-state index contributed by atoms with van der Waals surface area (Å²) in [6.07, 6.45) is 1.50. The van der Waals surface area contributed by atoms with Gasteiger partial charge in [-0.3, -0.25) is 0 Å². The van der Waals surface area contributed by atoms with Crippen LogP contribution in [0.25, 0.3) is 0 Å². The molecule has 1 aromatic carbocycles. The third-order valence-corrected chi connectivity index (χ3v) is 3.84. The first-order valence-electron chi connectivity index (χ1n) is 6.54. The predicted octanol–water partition coefficient (Wildman–Crippen LogP) is 3.56. The summed E-state index contributed by atoms with van der Waals surface area (Å²) in [4.78, 5) is 0. The molecular formula is C16H21NO. The van der Waals surface area contributed by atoms with Gasteiger partial charge >= 0.3 is 0 Å². The summed E-state index contributed by atoms with van der Waals surface area (Å²) in [7, 11) is 0. The summed E-state index contributed by atoms with van der Waals surface area (Å²) in [6, 6.07) is 11.1. The molecule has 0 atom stereocenters. The van der Waals surface area contributed by atoms with Gasteiger partial charge in [0.2, 0.25) is 0 Å². The van der Waals surface area contributed by atoms with Gasteiger partial charge in [-0.05, 0) is 23.0 Å². The first kappa shape index (κ1) is 13.1. The molecule has 1 heterocycles. The van der Waals surface area contributed by atoms with Gasteiger partial charge in [0.1, 0.15) is 0 Å². The minimum Gasteiger partial charge on any atom is -0.379 e. The van der Waals surface area contributed by atoms with Crippen LogP contribution in [0.15, 0.2) is 24.3 Å². The van der Waals surface area contributed by atoms with Crippen LogP contribution in [0.4, 0.5) is 0 Å². The molecule has 1 aromatic rings. The molecule has 0 radical (unpaired) electrons. The van der Waals surface area contributed by atoms with E-state index in [4.69, 9.17) is 10.00 Å². The molecule has 2 nitrogen and oxygen atoms in total. The SMILES string of the molecule is CC(C)(C)c1ccc(C2(CCC#N)COC2)cc1. The van der Waals surface area contributed by atoms with Gasteiger partial charge in [-0.15, -0.1) is 0 Å². The Morgan fingerprint density at radius 3 is 2.22 bits per heavy atom. The van der Waals surface area contributed by atoms with E-state index in [-0.39, 0.29) is 10.8 Å². The van der Waals surface area contributed by atoms with Gasteiger partial charge in [0.25, 0.3) is 0 Å². The van der Waals surface area contributed by atoms with Gasteiger partial charge in [0, 0.05) is 11.8 Å². The molecule has 0 aliphatic carbocycles. The Morgan fingerprint density at radius 2 is 1.83 bits per heavy atom. The van der Waals surface area contributed by atoms with E-state index in [1.165, 1.54) is 11.1 Å². The normalized spacial score (nSPS) is 17.9. The van der Waals surface area contributed by atoms with Crippen LogP contribution >= 0.6 is 0 Å². The Bertz CT molecular complexity index is 443. The Morgan fingerprint density at radius 1 is 1.22 bits per heavy atom. The lowest BCUT2D eigenvalue weighted by molar-refractivity contribution is -0.0637. The lowest BCUT2D eigenvalue weighted by Gasteiger charge is -2.42. The van der Waals surface area contributed by atoms with Crippen LogP contribution in [0.1, 0.15) is 44.7 Å². The van der Waals surface area contributed by atoms with Crippen LogP contribution in [-0.2, 0) is 15.6 Å². The molecule has 0 spiro atoms. The van der Waals surface area contributed by atoms with Gasteiger partial charge in [-0.25, -0.2) is 0 Å². The third-order valence-electron chi connectivity index (χ3n) is 3.84. The van der Waals surface area contributed by atoms with Crippen LogP contribution in [-0.4, -0.2) is 13.2 Å². The minimum atomic E-state index is 0.0894. The van der Waals surface area contributed by atoms with E-state index in [0.29, 0.717) is 6.42 Å². The van der Waals surface area contributed by atoms with Crippen LogP contribution in [0, 0.1) is 11.3 Å². The lowest BCUT2D eigenvalue weighted by Crippen LogP contribution is -2.46. The van der Waals surface area contributed by atoms with Crippen molar-refractivity contribution < 1.29 is 4.74 Å². The molecule has 0 bridgehead atoms. The van der Waals surface area contributed by atoms with E-state index >= 15 is 0 Å². The molecule has 0 amide bonds. The van der Waals surface area contributed by atoms with E-state index in [0.717, 1.165) is 19.6 Å². The molecule has 1 aliphatic heterocycles. The zero-order chi connectivity index (χ0) is 13.2. The first-order chi connectivity index (χ1) is 8.48. The first-order valence-corrected chi connectivity index (χ1v) is 6.54. The fraction of sp³-hybridized carbons (Fsp3) is 0.562. The quantitative estimate of drug-likeness (QED) is 0.813. The summed E-state index contributed by atoms with van der Waals surface area (Å²) in [5.74, 6) is 0. The average molecular weight is 243 g/mol. The van der Waals surface area contributed by atoms with Crippen LogP contribution in [0.3, 0.4) is 0 Å². The van der Waals surface area contributed by atoms with Crippen molar-refractivity contribution in [3.63, 3.8) is 0 Å². The second-order valence-corrected chi connectivity index (χ2v) is 6.26. The zero-order valence-electron chi connectivity index (χ0n) is 11.5. The van der Waals surface area contributed by atoms with Crippen molar-refractivity contribution in [2.24, 2.45) is 0 Å². The van der Waals surface area contributed by atoms with Crippen molar-refractivity contribution in [1.82, 2.24) is 0 Å². The lowest BCUT2D eigenvalue weighted by atomic mass is 9.74. The van der Waals surface area contributed by atoms with E-state index < -0.39 is 0 Å². The summed E-state index contributed by atoms with van der Waals surface area (Å²) < 4.78 is 5.38. The number of ether oxygens (including phenoxy) is 1. The predicted molar refractivity (Wildman–Crippen MR) is 72.5 cm³/mol. The largest absolute Gasteiger partial charge is 0.379 e. The Balaban J connectivity index is 2.21. The van der Waals surface area contributed by atoms with Gasteiger partial charge in [0.15, 0.2) is 0 Å². The average Bonchev–Trinajstić information content (AvgIpc) is 2.27. The third kappa shape index (κ3) is 2.42. The fourth-order valence-corrected chi connectivity index (χ4v) is 2.42. The molecule has 1 saturated heterocycles. The molecule has 1 aliphatic rings. The molecule has 2 heteroatoms. The van der Waals surface area contributed by atoms with Gasteiger partial charge in [0.05, 0.1) is 19.3 Å². The van der Waals surface area contributed by atoms with Gasteiger partial charge in [-0.2, -0.15) is 5.26 Å². The second kappa shape index (κ2) is 4.74. The Kier molecular flexibility index (Phi) is 3.45. The van der Waals surface area contributed by atoms with Crippen molar-refractivity contribution in [3.8, 4) is 6.07 Å². The summed E-state index contributed by atoms with van der Waals surface area (Å²) >= 11 is 0. The topological polar surface area (TPSA) is 33.0 Å². The Hall–Kier alpha value is -1.33. The highest BCUT2D eigenvalue weighted by atomic mass is 16.5. The highest BCUT2D eigenvalue weighted by molar-refractivity contribution is 5.34. The maximum Gasteiger partial charge on any atom is 0.0622 e. The molecule has 0 unspecified atom stereocenters. The Labute approximate surface area is 110 Å². The number of nitrogens with zero attached hydrogens (tertiary/aromatic N) is 1.